The number of nitrogens with one attached hydrogen (secondary N) is 1. The third kappa shape index (κ3) is 1.87. The second-order valence-corrected chi connectivity index (χ2v) is 6.61. The molecular formula is C17H22N2O. The van der Waals surface area contributed by atoms with Crippen LogP contribution in [0.4, 0.5) is 0 Å². The topological polar surface area (TPSA) is 32.3 Å². The Morgan fingerprint density at radius 1 is 1.25 bits per heavy atom. The normalized spacial score (nSPS) is 28.1. The molecule has 3 heteroatoms. The lowest BCUT2D eigenvalue weighted by molar-refractivity contribution is 0.0418. The molecule has 3 nitrogen and oxygen atoms in total. The van der Waals surface area contributed by atoms with Crippen molar-refractivity contribution < 1.29 is 4.79 Å². The van der Waals surface area contributed by atoms with Crippen LogP contribution < -0.4 is 5.32 Å². The summed E-state index contributed by atoms with van der Waals surface area (Å²) < 4.78 is 0. The maximum Gasteiger partial charge on any atom is 0.254 e. The molecule has 1 saturated heterocycles. The van der Waals surface area contributed by atoms with Gasteiger partial charge in [0.2, 0.25) is 0 Å². The molecule has 1 aliphatic carbocycles. The van der Waals surface area contributed by atoms with Gasteiger partial charge in [-0.1, -0.05) is 18.2 Å². The predicted octanol–water partition coefficient (Wildman–Crippen LogP) is 2.36. The van der Waals surface area contributed by atoms with E-state index in [1.807, 2.05) is 18.2 Å². The molecule has 0 aromatic heterocycles. The van der Waals surface area contributed by atoms with Crippen molar-refractivity contribution in [3.63, 3.8) is 0 Å². The average Bonchev–Trinajstić information content (AvgIpc) is 2.46. The highest BCUT2D eigenvalue weighted by Gasteiger charge is 2.43. The van der Waals surface area contributed by atoms with Crippen LogP contribution in [-0.4, -0.2) is 35.5 Å². The largest absolute Gasteiger partial charge is 0.335 e. The van der Waals surface area contributed by atoms with Gasteiger partial charge in [-0.25, -0.2) is 0 Å². The van der Waals surface area contributed by atoms with Gasteiger partial charge in [-0.05, 0) is 56.7 Å². The van der Waals surface area contributed by atoms with E-state index in [0.717, 1.165) is 37.9 Å². The zero-order chi connectivity index (χ0) is 13.6. The Hall–Kier alpha value is -1.35. The summed E-state index contributed by atoms with van der Waals surface area (Å²) in [4.78, 5) is 14.9. The van der Waals surface area contributed by atoms with Crippen LogP contribution in [0.1, 0.15) is 48.0 Å². The van der Waals surface area contributed by atoms with Crippen molar-refractivity contribution >= 4 is 5.91 Å². The number of carbonyl (C=O) groups excluding carboxylic acids is 1. The van der Waals surface area contributed by atoms with Crippen LogP contribution in [0.2, 0.25) is 0 Å². The van der Waals surface area contributed by atoms with Crippen molar-refractivity contribution in [1.82, 2.24) is 10.2 Å². The summed E-state index contributed by atoms with van der Waals surface area (Å²) in [6.45, 7) is 1.96. The van der Waals surface area contributed by atoms with Gasteiger partial charge in [-0.3, -0.25) is 4.79 Å². The second-order valence-electron chi connectivity index (χ2n) is 6.61. The Morgan fingerprint density at radius 3 is 2.90 bits per heavy atom. The van der Waals surface area contributed by atoms with E-state index in [1.54, 1.807) is 0 Å². The Morgan fingerprint density at radius 2 is 2.10 bits per heavy atom. The second kappa shape index (κ2) is 4.59. The number of piperidine rings is 1. The van der Waals surface area contributed by atoms with E-state index in [1.165, 1.54) is 24.8 Å². The maximum atomic E-state index is 12.7. The molecule has 106 valence electrons. The molecule has 4 rings (SSSR count). The average molecular weight is 270 g/mol. The molecule has 1 amide bonds. The molecule has 0 radical (unpaired) electrons. The monoisotopic (exact) mass is 270 g/mol. The van der Waals surface area contributed by atoms with Gasteiger partial charge < -0.3 is 10.2 Å². The summed E-state index contributed by atoms with van der Waals surface area (Å²) >= 11 is 0. The van der Waals surface area contributed by atoms with E-state index in [4.69, 9.17) is 0 Å². The lowest BCUT2D eigenvalue weighted by Crippen LogP contribution is -2.61. The molecule has 1 N–H and O–H groups in total. The molecule has 3 aliphatic rings. The summed E-state index contributed by atoms with van der Waals surface area (Å²) in [5.41, 5.74) is 2.51. The van der Waals surface area contributed by atoms with Crippen molar-refractivity contribution in [2.24, 2.45) is 0 Å². The van der Waals surface area contributed by atoms with Crippen LogP contribution in [0.5, 0.6) is 0 Å². The van der Waals surface area contributed by atoms with Gasteiger partial charge in [0.1, 0.15) is 0 Å². The summed E-state index contributed by atoms with van der Waals surface area (Å²) in [5, 5.41) is 3.70. The first-order valence-corrected chi connectivity index (χ1v) is 7.91. The number of fused-ring (bicyclic) bond motifs is 1. The number of benzene rings is 1. The number of hydrogen-bond acceptors (Lipinski definition) is 2. The highest BCUT2D eigenvalue weighted by atomic mass is 16.2. The fourth-order valence-electron chi connectivity index (χ4n) is 4.17. The Balaban J connectivity index is 1.56. The first-order valence-electron chi connectivity index (χ1n) is 7.91. The minimum absolute atomic E-state index is 0.258. The minimum Gasteiger partial charge on any atom is -0.335 e. The lowest BCUT2D eigenvalue weighted by atomic mass is 9.70. The fourth-order valence-corrected chi connectivity index (χ4v) is 4.17. The molecule has 2 heterocycles. The van der Waals surface area contributed by atoms with Gasteiger partial charge in [-0.2, -0.15) is 0 Å². The zero-order valence-electron chi connectivity index (χ0n) is 11.9. The standard InChI is InChI=1S/C17H22N2O/c20-16-15-5-2-1-4-13(15)7-11-19(16)14-6-10-18-17(12-14)8-3-9-17/h1-2,4-5,14,18H,3,6-12H2. The third-order valence-corrected chi connectivity index (χ3v) is 5.49. The number of carbonyl (C=O) groups is 1. The van der Waals surface area contributed by atoms with Gasteiger partial charge in [0.05, 0.1) is 0 Å². The Labute approximate surface area is 120 Å². The van der Waals surface area contributed by atoms with Gasteiger partial charge in [0.25, 0.3) is 5.91 Å². The number of rotatable bonds is 1. The van der Waals surface area contributed by atoms with Crippen LogP contribution in [0.3, 0.4) is 0 Å². The van der Waals surface area contributed by atoms with E-state index < -0.39 is 0 Å². The summed E-state index contributed by atoms with van der Waals surface area (Å²) in [5.74, 6) is 0.258. The highest BCUT2D eigenvalue weighted by molar-refractivity contribution is 5.96. The predicted molar refractivity (Wildman–Crippen MR) is 78.8 cm³/mol. The van der Waals surface area contributed by atoms with Crippen LogP contribution in [-0.2, 0) is 6.42 Å². The number of hydrogen-bond donors (Lipinski definition) is 1. The molecular weight excluding hydrogens is 248 g/mol. The SMILES string of the molecule is O=C1c2ccccc2CCN1C1CCNC2(CCC2)C1. The van der Waals surface area contributed by atoms with E-state index in [-0.39, 0.29) is 5.91 Å². The van der Waals surface area contributed by atoms with Crippen molar-refractivity contribution in [1.29, 1.82) is 0 Å². The van der Waals surface area contributed by atoms with Gasteiger partial charge in [-0.15, -0.1) is 0 Å². The minimum atomic E-state index is 0.258. The first-order chi connectivity index (χ1) is 9.77. The molecule has 20 heavy (non-hydrogen) atoms. The zero-order valence-corrected chi connectivity index (χ0v) is 11.9. The van der Waals surface area contributed by atoms with Crippen molar-refractivity contribution in [3.05, 3.63) is 35.4 Å². The fraction of sp³-hybridized carbons (Fsp3) is 0.588. The van der Waals surface area contributed by atoms with Gasteiger partial charge >= 0.3 is 0 Å². The van der Waals surface area contributed by atoms with E-state index in [2.05, 4.69) is 16.3 Å². The number of amides is 1. The number of nitrogens with zero attached hydrogens (tertiary/aromatic N) is 1. The van der Waals surface area contributed by atoms with Crippen molar-refractivity contribution in [3.8, 4) is 0 Å². The van der Waals surface area contributed by atoms with Crippen molar-refractivity contribution in [2.75, 3.05) is 13.1 Å². The molecule has 1 aromatic rings. The molecule has 0 bridgehead atoms. The molecule has 2 aliphatic heterocycles. The van der Waals surface area contributed by atoms with E-state index in [9.17, 15) is 4.79 Å². The first kappa shape index (κ1) is 12.4. The molecule has 1 saturated carbocycles. The van der Waals surface area contributed by atoms with Gasteiger partial charge in [0.15, 0.2) is 0 Å². The van der Waals surface area contributed by atoms with E-state index >= 15 is 0 Å². The summed E-state index contributed by atoms with van der Waals surface area (Å²) in [6, 6.07) is 8.55. The highest BCUT2D eigenvalue weighted by Crippen LogP contribution is 2.40. The van der Waals surface area contributed by atoms with Crippen molar-refractivity contribution in [2.45, 2.75) is 50.1 Å². The quantitative estimate of drug-likeness (QED) is 0.849. The van der Waals surface area contributed by atoms with Crippen LogP contribution in [0.25, 0.3) is 0 Å². The Kier molecular flexibility index (Phi) is 2.84. The molecule has 1 atom stereocenters. The Bertz CT molecular complexity index is 536. The van der Waals surface area contributed by atoms with E-state index in [0.29, 0.717) is 11.6 Å². The molecule has 1 aromatic carbocycles. The van der Waals surface area contributed by atoms with Gasteiger partial charge in [0, 0.05) is 23.7 Å². The van der Waals surface area contributed by atoms with Crippen LogP contribution >= 0.6 is 0 Å². The lowest BCUT2D eigenvalue weighted by Gasteiger charge is -2.51. The third-order valence-electron chi connectivity index (χ3n) is 5.49. The van der Waals surface area contributed by atoms with Crippen LogP contribution in [0, 0.1) is 0 Å². The maximum absolute atomic E-state index is 12.7. The molecule has 1 unspecified atom stereocenters. The molecule has 2 fully saturated rings. The summed E-state index contributed by atoms with van der Waals surface area (Å²) in [6.07, 6.45) is 7.20. The smallest absolute Gasteiger partial charge is 0.254 e. The summed E-state index contributed by atoms with van der Waals surface area (Å²) in [7, 11) is 0. The van der Waals surface area contributed by atoms with Crippen LogP contribution in [0.15, 0.2) is 24.3 Å². The molecule has 1 spiro atoms.